The van der Waals surface area contributed by atoms with E-state index in [1.807, 2.05) is 0 Å². The molecule has 1 N–H and O–H groups in total. The summed E-state index contributed by atoms with van der Waals surface area (Å²) in [5.41, 5.74) is 2.90. The Morgan fingerprint density at radius 3 is 2.69 bits per heavy atom. The largest absolute Gasteiger partial charge is 0.393 e. The summed E-state index contributed by atoms with van der Waals surface area (Å²) in [4.78, 5) is 13.7. The fourth-order valence-electron chi connectivity index (χ4n) is 8.13. The molecule has 0 aromatic rings. The van der Waals surface area contributed by atoms with Crippen molar-refractivity contribution in [3.05, 3.63) is 23.3 Å². The molecule has 0 aromatic heterocycles. The first-order valence-corrected chi connectivity index (χ1v) is 12.2. The van der Waals surface area contributed by atoms with Crippen LogP contribution in [0.5, 0.6) is 0 Å². The van der Waals surface area contributed by atoms with Gasteiger partial charge in [-0.3, -0.25) is 4.79 Å². The van der Waals surface area contributed by atoms with Crippen molar-refractivity contribution < 1.29 is 9.90 Å². The van der Waals surface area contributed by atoms with Gasteiger partial charge in [0.1, 0.15) is 5.78 Å². The van der Waals surface area contributed by atoms with E-state index in [-0.39, 0.29) is 16.9 Å². The number of hydrogen-bond donors (Lipinski definition) is 1. The average molecular weight is 399 g/mol. The van der Waals surface area contributed by atoms with Crippen molar-refractivity contribution in [1.29, 1.82) is 0 Å². The first kappa shape index (κ1) is 21.3. The Balaban J connectivity index is 1.57. The maximum Gasteiger partial charge on any atom is 0.139 e. The fourth-order valence-corrected chi connectivity index (χ4v) is 8.13. The number of ketones is 1. The van der Waals surface area contributed by atoms with Crippen molar-refractivity contribution in [3.63, 3.8) is 0 Å². The lowest BCUT2D eigenvalue weighted by Gasteiger charge is -2.57. The highest BCUT2D eigenvalue weighted by Crippen LogP contribution is 2.66. The fraction of sp³-hybridized carbons (Fsp3) is 0.815. The Kier molecular flexibility index (Phi) is 5.64. The molecule has 0 saturated heterocycles. The first-order chi connectivity index (χ1) is 13.7. The molecule has 0 amide bonds. The maximum atomic E-state index is 13.7. The minimum Gasteiger partial charge on any atom is -0.393 e. The van der Waals surface area contributed by atoms with Gasteiger partial charge in [0.25, 0.3) is 0 Å². The van der Waals surface area contributed by atoms with Gasteiger partial charge in [-0.2, -0.15) is 0 Å². The van der Waals surface area contributed by atoms with Crippen LogP contribution in [0.1, 0.15) is 92.4 Å². The molecule has 8 atom stereocenters. The molecular formula is C27H42O2. The van der Waals surface area contributed by atoms with E-state index in [2.05, 4.69) is 46.8 Å². The SMILES string of the molecule is CC(C)=CCC[C@@H](C)[C@H]1CC[C@H]2[C@@H]3CC=C4CC(O)CC[C@]4(C)[C@H]3CC(=O)[C@]12C. The lowest BCUT2D eigenvalue weighted by molar-refractivity contribution is -0.147. The minimum atomic E-state index is -0.173. The van der Waals surface area contributed by atoms with Crippen LogP contribution in [-0.4, -0.2) is 17.0 Å². The molecule has 0 spiro atoms. The molecule has 29 heavy (non-hydrogen) atoms. The molecule has 0 bridgehead atoms. The number of carbonyl (C=O) groups excluding carboxylic acids is 1. The zero-order chi connectivity index (χ0) is 21.0. The summed E-state index contributed by atoms with van der Waals surface area (Å²) in [5.74, 6) is 3.46. The summed E-state index contributed by atoms with van der Waals surface area (Å²) in [5, 5.41) is 10.2. The summed E-state index contributed by atoms with van der Waals surface area (Å²) >= 11 is 0. The van der Waals surface area contributed by atoms with Crippen LogP contribution < -0.4 is 0 Å². The van der Waals surface area contributed by atoms with E-state index in [1.165, 1.54) is 30.4 Å². The van der Waals surface area contributed by atoms with Gasteiger partial charge in [-0.05, 0) is 100 Å². The highest BCUT2D eigenvalue weighted by Gasteiger charge is 2.62. The number of rotatable bonds is 4. The number of aliphatic hydroxyl groups excluding tert-OH is 1. The molecule has 1 unspecified atom stereocenters. The van der Waals surface area contributed by atoms with Gasteiger partial charge in [0.05, 0.1) is 6.10 Å². The first-order valence-electron chi connectivity index (χ1n) is 12.2. The molecule has 2 heteroatoms. The molecule has 4 aliphatic rings. The van der Waals surface area contributed by atoms with Crippen LogP contribution in [0.4, 0.5) is 0 Å². The molecule has 4 aliphatic carbocycles. The van der Waals surface area contributed by atoms with Gasteiger partial charge < -0.3 is 5.11 Å². The lowest BCUT2D eigenvalue weighted by atomic mass is 9.46. The zero-order valence-electron chi connectivity index (χ0n) is 19.3. The standard InChI is InChI=1S/C27H42O2/c1-17(2)7-6-8-18(3)22-11-12-23-21-10-9-19-15-20(28)13-14-26(19,4)24(21)16-25(29)27(22,23)5/h7,9,18,20-24,28H,6,8,10-16H2,1-5H3/t18-,20?,21+,22-,23+,24+,26+,27-/m1/s1. The third-order valence-corrected chi connectivity index (χ3v) is 9.87. The quantitative estimate of drug-likeness (QED) is 0.550. The summed E-state index contributed by atoms with van der Waals surface area (Å²) in [6.07, 6.45) is 14.2. The van der Waals surface area contributed by atoms with Crippen LogP contribution in [0, 0.1) is 40.4 Å². The third kappa shape index (κ3) is 3.38. The molecule has 0 aliphatic heterocycles. The second kappa shape index (κ2) is 7.66. The topological polar surface area (TPSA) is 37.3 Å². The van der Waals surface area contributed by atoms with Gasteiger partial charge in [-0.15, -0.1) is 0 Å². The molecule has 4 rings (SSSR count). The van der Waals surface area contributed by atoms with Crippen LogP contribution in [0.15, 0.2) is 23.3 Å². The Labute approximate surface area is 178 Å². The van der Waals surface area contributed by atoms with E-state index < -0.39 is 0 Å². The van der Waals surface area contributed by atoms with Crippen molar-refractivity contribution in [2.24, 2.45) is 40.4 Å². The molecule has 3 saturated carbocycles. The zero-order valence-corrected chi connectivity index (χ0v) is 19.3. The summed E-state index contributed by atoms with van der Waals surface area (Å²) < 4.78 is 0. The number of aliphatic hydroxyl groups is 1. The Morgan fingerprint density at radius 1 is 1.21 bits per heavy atom. The lowest BCUT2D eigenvalue weighted by Crippen LogP contribution is -2.55. The van der Waals surface area contributed by atoms with E-state index in [4.69, 9.17) is 0 Å². The predicted octanol–water partition coefficient (Wildman–Crippen LogP) is 6.49. The monoisotopic (exact) mass is 398 g/mol. The highest BCUT2D eigenvalue weighted by molar-refractivity contribution is 5.87. The number of allylic oxidation sites excluding steroid dienone is 3. The Hall–Kier alpha value is -0.890. The number of hydrogen-bond acceptors (Lipinski definition) is 2. The molecule has 0 aromatic carbocycles. The molecule has 3 fully saturated rings. The minimum absolute atomic E-state index is 0.110. The van der Waals surface area contributed by atoms with Gasteiger partial charge in [-0.1, -0.05) is 44.1 Å². The summed E-state index contributed by atoms with van der Waals surface area (Å²) in [6, 6.07) is 0. The summed E-state index contributed by atoms with van der Waals surface area (Å²) in [6.45, 7) is 11.5. The van der Waals surface area contributed by atoms with Crippen LogP contribution in [0.25, 0.3) is 0 Å². The molecule has 0 radical (unpaired) electrons. The van der Waals surface area contributed by atoms with E-state index in [9.17, 15) is 9.90 Å². The third-order valence-electron chi connectivity index (χ3n) is 9.87. The van der Waals surface area contributed by atoms with Crippen LogP contribution in [0.3, 0.4) is 0 Å². The van der Waals surface area contributed by atoms with Crippen LogP contribution >= 0.6 is 0 Å². The van der Waals surface area contributed by atoms with Gasteiger partial charge in [-0.25, -0.2) is 0 Å². The van der Waals surface area contributed by atoms with Gasteiger partial charge >= 0.3 is 0 Å². The molecule has 0 heterocycles. The number of Topliss-reactive ketones (excluding diaryl/α,β-unsaturated/α-hetero) is 1. The molecule has 162 valence electrons. The van der Waals surface area contributed by atoms with Crippen molar-refractivity contribution in [2.45, 2.75) is 98.5 Å². The van der Waals surface area contributed by atoms with E-state index in [0.717, 1.165) is 38.5 Å². The van der Waals surface area contributed by atoms with Crippen LogP contribution in [-0.2, 0) is 4.79 Å². The van der Waals surface area contributed by atoms with Crippen molar-refractivity contribution in [1.82, 2.24) is 0 Å². The van der Waals surface area contributed by atoms with Crippen molar-refractivity contribution in [2.75, 3.05) is 0 Å². The average Bonchev–Trinajstić information content (AvgIpc) is 3.02. The summed E-state index contributed by atoms with van der Waals surface area (Å²) in [7, 11) is 0. The predicted molar refractivity (Wildman–Crippen MR) is 119 cm³/mol. The van der Waals surface area contributed by atoms with Crippen molar-refractivity contribution >= 4 is 5.78 Å². The Morgan fingerprint density at radius 2 is 1.97 bits per heavy atom. The second-order valence-electron chi connectivity index (χ2n) is 11.6. The molecular weight excluding hydrogens is 356 g/mol. The van der Waals surface area contributed by atoms with E-state index >= 15 is 0 Å². The van der Waals surface area contributed by atoms with Gasteiger partial charge in [0.15, 0.2) is 0 Å². The van der Waals surface area contributed by atoms with Crippen molar-refractivity contribution in [3.8, 4) is 0 Å². The smallest absolute Gasteiger partial charge is 0.139 e. The van der Waals surface area contributed by atoms with Gasteiger partial charge in [0, 0.05) is 11.8 Å². The number of carbonyl (C=O) groups is 1. The number of fused-ring (bicyclic) bond motifs is 5. The second-order valence-corrected chi connectivity index (χ2v) is 11.6. The van der Waals surface area contributed by atoms with Gasteiger partial charge in [0.2, 0.25) is 0 Å². The highest BCUT2D eigenvalue weighted by atomic mass is 16.3. The normalized spacial score (nSPS) is 45.0. The van der Waals surface area contributed by atoms with E-state index in [0.29, 0.717) is 35.4 Å². The van der Waals surface area contributed by atoms with E-state index in [1.54, 1.807) is 0 Å². The maximum absolute atomic E-state index is 13.7. The molecule has 2 nitrogen and oxygen atoms in total. The van der Waals surface area contributed by atoms with Crippen LogP contribution in [0.2, 0.25) is 0 Å². The Bertz CT molecular complexity index is 714.